The van der Waals surface area contributed by atoms with Crippen molar-refractivity contribution in [2.24, 2.45) is 17.8 Å². The Kier molecular flexibility index (Phi) is 5.38. The van der Waals surface area contributed by atoms with Gasteiger partial charge in [0.05, 0.1) is 6.61 Å². The van der Waals surface area contributed by atoms with Gasteiger partial charge in [-0.15, -0.1) is 0 Å². The van der Waals surface area contributed by atoms with E-state index in [0.717, 1.165) is 50.4 Å². The highest BCUT2D eigenvalue weighted by Gasteiger charge is 2.30. The number of rotatable bonds is 4. The number of hydrogen-bond donors (Lipinski definition) is 0. The summed E-state index contributed by atoms with van der Waals surface area (Å²) >= 11 is 0. The van der Waals surface area contributed by atoms with Crippen LogP contribution in [0.25, 0.3) is 0 Å². The second-order valence-corrected chi connectivity index (χ2v) is 6.54. The standard InChI is InChI=1S/C17H26O3/c1-12(2)17(19)20-11-13-3-5-14(6-4-13)15-7-9-16(18)10-8-15/h13-15H,1,3-11H2,2H3. The predicted molar refractivity (Wildman–Crippen MR) is 78.2 cm³/mol. The highest BCUT2D eigenvalue weighted by Crippen LogP contribution is 2.39. The molecule has 20 heavy (non-hydrogen) atoms. The molecule has 0 saturated heterocycles. The van der Waals surface area contributed by atoms with Gasteiger partial charge >= 0.3 is 5.97 Å². The van der Waals surface area contributed by atoms with Crippen LogP contribution < -0.4 is 0 Å². The third-order valence-electron chi connectivity index (χ3n) is 4.94. The Morgan fingerprint density at radius 1 is 1.10 bits per heavy atom. The molecule has 3 nitrogen and oxygen atoms in total. The lowest BCUT2D eigenvalue weighted by Gasteiger charge is -2.35. The van der Waals surface area contributed by atoms with Crippen LogP contribution in [0.15, 0.2) is 12.2 Å². The van der Waals surface area contributed by atoms with Crippen LogP contribution in [0.4, 0.5) is 0 Å². The van der Waals surface area contributed by atoms with Crippen molar-refractivity contribution in [2.75, 3.05) is 6.61 Å². The molecule has 0 aromatic carbocycles. The van der Waals surface area contributed by atoms with Crippen LogP contribution in [0.2, 0.25) is 0 Å². The summed E-state index contributed by atoms with van der Waals surface area (Å²) < 4.78 is 5.25. The maximum atomic E-state index is 11.4. The van der Waals surface area contributed by atoms with Crippen molar-refractivity contribution in [1.82, 2.24) is 0 Å². The van der Waals surface area contributed by atoms with Gasteiger partial charge in [0.2, 0.25) is 0 Å². The van der Waals surface area contributed by atoms with E-state index in [4.69, 9.17) is 4.74 Å². The monoisotopic (exact) mass is 278 g/mol. The Hall–Kier alpha value is -1.12. The molecule has 2 aliphatic carbocycles. The van der Waals surface area contributed by atoms with Gasteiger partial charge in [-0.05, 0) is 63.2 Å². The molecule has 2 rings (SSSR count). The van der Waals surface area contributed by atoms with Crippen molar-refractivity contribution in [3.05, 3.63) is 12.2 Å². The normalized spacial score (nSPS) is 28.1. The topological polar surface area (TPSA) is 43.4 Å². The first kappa shape index (κ1) is 15.3. The van der Waals surface area contributed by atoms with E-state index in [1.54, 1.807) is 6.92 Å². The zero-order valence-electron chi connectivity index (χ0n) is 12.5. The average molecular weight is 278 g/mol. The zero-order valence-corrected chi connectivity index (χ0v) is 12.5. The summed E-state index contributed by atoms with van der Waals surface area (Å²) in [6.07, 6.45) is 8.54. The Balaban J connectivity index is 1.68. The van der Waals surface area contributed by atoms with Crippen LogP contribution in [-0.4, -0.2) is 18.4 Å². The fourth-order valence-electron chi connectivity index (χ4n) is 3.58. The summed E-state index contributed by atoms with van der Waals surface area (Å²) in [5.74, 6) is 2.24. The van der Waals surface area contributed by atoms with Crippen molar-refractivity contribution < 1.29 is 14.3 Å². The molecule has 2 fully saturated rings. The van der Waals surface area contributed by atoms with E-state index in [1.165, 1.54) is 12.8 Å². The van der Waals surface area contributed by atoms with Crippen LogP contribution in [0.3, 0.4) is 0 Å². The molecular formula is C17H26O3. The van der Waals surface area contributed by atoms with E-state index < -0.39 is 0 Å². The predicted octanol–water partition coefficient (Wildman–Crippen LogP) is 3.67. The van der Waals surface area contributed by atoms with Gasteiger partial charge in [0.25, 0.3) is 0 Å². The number of Topliss-reactive ketones (excluding diaryl/α,β-unsaturated/α-hetero) is 1. The molecule has 0 bridgehead atoms. The third-order valence-corrected chi connectivity index (χ3v) is 4.94. The lowest BCUT2D eigenvalue weighted by atomic mass is 9.71. The summed E-state index contributed by atoms with van der Waals surface area (Å²) in [5, 5.41) is 0. The Bertz CT molecular complexity index is 368. The second-order valence-electron chi connectivity index (χ2n) is 6.54. The van der Waals surface area contributed by atoms with Crippen LogP contribution in [-0.2, 0) is 14.3 Å². The van der Waals surface area contributed by atoms with Gasteiger partial charge in [-0.1, -0.05) is 6.58 Å². The molecule has 0 aromatic rings. The fourth-order valence-corrected chi connectivity index (χ4v) is 3.58. The Morgan fingerprint density at radius 2 is 1.65 bits per heavy atom. The van der Waals surface area contributed by atoms with Crippen molar-refractivity contribution in [3.8, 4) is 0 Å². The lowest BCUT2D eigenvalue weighted by molar-refractivity contribution is -0.140. The number of ketones is 1. The van der Waals surface area contributed by atoms with Gasteiger partial charge in [0.1, 0.15) is 5.78 Å². The lowest BCUT2D eigenvalue weighted by Crippen LogP contribution is -2.27. The Labute approximate surface area is 121 Å². The molecule has 0 radical (unpaired) electrons. The highest BCUT2D eigenvalue weighted by atomic mass is 16.5. The molecule has 0 amide bonds. The number of esters is 1. The van der Waals surface area contributed by atoms with Gasteiger partial charge in [0, 0.05) is 18.4 Å². The first-order valence-corrected chi connectivity index (χ1v) is 7.90. The Morgan fingerprint density at radius 3 is 2.20 bits per heavy atom. The van der Waals surface area contributed by atoms with Gasteiger partial charge in [-0.2, -0.15) is 0 Å². The van der Waals surface area contributed by atoms with E-state index in [2.05, 4.69) is 6.58 Å². The average Bonchev–Trinajstić information content (AvgIpc) is 2.46. The van der Waals surface area contributed by atoms with Gasteiger partial charge in [0.15, 0.2) is 0 Å². The van der Waals surface area contributed by atoms with E-state index >= 15 is 0 Å². The van der Waals surface area contributed by atoms with Gasteiger partial charge in [-0.3, -0.25) is 4.79 Å². The minimum absolute atomic E-state index is 0.266. The van der Waals surface area contributed by atoms with Crippen molar-refractivity contribution in [1.29, 1.82) is 0 Å². The van der Waals surface area contributed by atoms with Crippen LogP contribution in [0, 0.1) is 17.8 Å². The first-order valence-electron chi connectivity index (χ1n) is 7.90. The summed E-state index contributed by atoms with van der Waals surface area (Å²) in [6.45, 7) is 5.82. The zero-order chi connectivity index (χ0) is 14.5. The van der Waals surface area contributed by atoms with Crippen LogP contribution >= 0.6 is 0 Å². The molecule has 112 valence electrons. The molecule has 0 spiro atoms. The maximum Gasteiger partial charge on any atom is 0.333 e. The maximum absolute atomic E-state index is 11.4. The van der Waals surface area contributed by atoms with Crippen molar-refractivity contribution in [2.45, 2.75) is 58.3 Å². The number of carbonyl (C=O) groups is 2. The minimum atomic E-state index is -0.266. The number of ether oxygens (including phenoxy) is 1. The van der Waals surface area contributed by atoms with Crippen LogP contribution in [0.1, 0.15) is 58.3 Å². The SMILES string of the molecule is C=C(C)C(=O)OCC1CCC(C2CCC(=O)CC2)CC1. The highest BCUT2D eigenvalue weighted by molar-refractivity contribution is 5.86. The van der Waals surface area contributed by atoms with Crippen molar-refractivity contribution in [3.63, 3.8) is 0 Å². The fraction of sp³-hybridized carbons (Fsp3) is 0.765. The van der Waals surface area contributed by atoms with Gasteiger partial charge in [-0.25, -0.2) is 4.79 Å². The van der Waals surface area contributed by atoms with E-state index in [-0.39, 0.29) is 5.97 Å². The number of hydrogen-bond acceptors (Lipinski definition) is 3. The molecule has 2 aliphatic rings. The third kappa shape index (κ3) is 4.19. The molecule has 0 aliphatic heterocycles. The van der Waals surface area contributed by atoms with Crippen molar-refractivity contribution >= 4 is 11.8 Å². The second kappa shape index (κ2) is 7.05. The van der Waals surface area contributed by atoms with E-state index in [0.29, 0.717) is 23.9 Å². The molecule has 0 heterocycles. The molecule has 0 aromatic heterocycles. The quantitative estimate of drug-likeness (QED) is 0.582. The number of carbonyl (C=O) groups excluding carboxylic acids is 2. The van der Waals surface area contributed by atoms with Gasteiger partial charge < -0.3 is 4.74 Å². The molecule has 0 atom stereocenters. The van der Waals surface area contributed by atoms with E-state index in [1.807, 2.05) is 0 Å². The summed E-state index contributed by atoms with van der Waals surface area (Å²) in [6, 6.07) is 0. The molecular weight excluding hydrogens is 252 g/mol. The molecule has 0 N–H and O–H groups in total. The summed E-state index contributed by atoms with van der Waals surface area (Å²) in [5.41, 5.74) is 0.477. The smallest absolute Gasteiger partial charge is 0.333 e. The summed E-state index contributed by atoms with van der Waals surface area (Å²) in [7, 11) is 0. The first-order chi connectivity index (χ1) is 9.56. The molecule has 2 saturated carbocycles. The van der Waals surface area contributed by atoms with Crippen LogP contribution in [0.5, 0.6) is 0 Å². The molecule has 3 heteroatoms. The van der Waals surface area contributed by atoms with E-state index in [9.17, 15) is 9.59 Å². The minimum Gasteiger partial charge on any atom is -0.462 e. The molecule has 0 unspecified atom stereocenters. The largest absolute Gasteiger partial charge is 0.462 e. The summed E-state index contributed by atoms with van der Waals surface area (Å²) in [4.78, 5) is 22.7.